The van der Waals surface area contributed by atoms with Crippen LogP contribution in [0.2, 0.25) is 0 Å². The predicted molar refractivity (Wildman–Crippen MR) is 71.8 cm³/mol. The van der Waals surface area contributed by atoms with Gasteiger partial charge in [-0.25, -0.2) is 0 Å². The molecule has 4 heteroatoms. The fourth-order valence-electron chi connectivity index (χ4n) is 2.16. The molecule has 0 heterocycles. The Kier molecular flexibility index (Phi) is 4.61. The number of halogens is 1. The lowest BCUT2D eigenvalue weighted by molar-refractivity contribution is 0.0526. The monoisotopic (exact) mass is 267 g/mol. The van der Waals surface area contributed by atoms with Gasteiger partial charge in [0, 0.05) is 24.0 Å². The Hall–Kier alpha value is -1.06. The van der Waals surface area contributed by atoms with Gasteiger partial charge in [0.2, 0.25) is 0 Å². The molecule has 1 N–H and O–H groups in total. The van der Waals surface area contributed by atoms with Crippen molar-refractivity contribution in [3.63, 3.8) is 0 Å². The van der Waals surface area contributed by atoms with Gasteiger partial charge in [-0.05, 0) is 37.0 Å². The van der Waals surface area contributed by atoms with Crippen LogP contribution >= 0.6 is 11.6 Å². The average Bonchev–Trinajstić information content (AvgIpc) is 2.35. The van der Waals surface area contributed by atoms with Gasteiger partial charge in [-0.3, -0.25) is 4.79 Å². The highest BCUT2D eigenvalue weighted by molar-refractivity contribution is 6.17. The highest BCUT2D eigenvalue weighted by atomic mass is 35.5. The number of aliphatic hydroxyl groups excluding tert-OH is 1. The van der Waals surface area contributed by atoms with E-state index in [1.807, 2.05) is 24.3 Å². The second-order valence-corrected chi connectivity index (χ2v) is 4.90. The summed E-state index contributed by atoms with van der Waals surface area (Å²) in [7, 11) is 0. The summed E-state index contributed by atoms with van der Waals surface area (Å²) in [4.78, 5) is 14.1. The maximum absolute atomic E-state index is 12.4. The molecule has 3 nitrogen and oxygen atoms in total. The molecular formula is C14H18ClNO2. The third-order valence-electron chi connectivity index (χ3n) is 3.47. The quantitative estimate of drug-likeness (QED) is 0.833. The summed E-state index contributed by atoms with van der Waals surface area (Å²) in [5.74, 6) is 0.465. The second kappa shape index (κ2) is 6.21. The van der Waals surface area contributed by atoms with E-state index in [-0.39, 0.29) is 12.5 Å². The highest BCUT2D eigenvalue weighted by Crippen LogP contribution is 2.26. The van der Waals surface area contributed by atoms with Crippen molar-refractivity contribution in [2.24, 2.45) is 0 Å². The van der Waals surface area contributed by atoms with E-state index in [2.05, 4.69) is 0 Å². The minimum absolute atomic E-state index is 0.00914. The molecular weight excluding hydrogens is 250 g/mol. The molecule has 1 amide bonds. The first-order valence-corrected chi connectivity index (χ1v) is 6.86. The van der Waals surface area contributed by atoms with Gasteiger partial charge < -0.3 is 10.0 Å². The lowest BCUT2D eigenvalue weighted by atomic mass is 9.91. The smallest absolute Gasteiger partial charge is 0.254 e. The van der Waals surface area contributed by atoms with Crippen molar-refractivity contribution in [3.05, 3.63) is 35.4 Å². The predicted octanol–water partition coefficient (Wildman–Crippen LogP) is 2.41. The standard InChI is InChI=1S/C14H18ClNO2/c15-10-11-4-6-12(7-5-11)14(18)16(8-9-17)13-2-1-3-13/h4-7,13,17H,1-3,8-10H2. The molecule has 0 aliphatic heterocycles. The van der Waals surface area contributed by atoms with Crippen molar-refractivity contribution in [2.45, 2.75) is 31.2 Å². The summed E-state index contributed by atoms with van der Waals surface area (Å²) in [5, 5.41) is 9.07. The number of alkyl halides is 1. The van der Waals surface area contributed by atoms with Crippen molar-refractivity contribution in [3.8, 4) is 0 Å². The van der Waals surface area contributed by atoms with E-state index in [4.69, 9.17) is 16.7 Å². The average molecular weight is 268 g/mol. The summed E-state index contributed by atoms with van der Waals surface area (Å²) in [6, 6.07) is 7.67. The number of benzene rings is 1. The molecule has 2 rings (SSSR count). The van der Waals surface area contributed by atoms with Crippen LogP contribution < -0.4 is 0 Å². The number of nitrogens with zero attached hydrogens (tertiary/aromatic N) is 1. The molecule has 0 atom stereocenters. The first-order chi connectivity index (χ1) is 8.76. The lowest BCUT2D eigenvalue weighted by Crippen LogP contribution is -2.45. The molecule has 0 spiro atoms. The van der Waals surface area contributed by atoms with Gasteiger partial charge in [0.1, 0.15) is 0 Å². The van der Waals surface area contributed by atoms with E-state index in [1.54, 1.807) is 4.90 Å². The summed E-state index contributed by atoms with van der Waals surface area (Å²) in [5.41, 5.74) is 1.68. The number of aliphatic hydroxyl groups is 1. The summed E-state index contributed by atoms with van der Waals surface area (Å²) in [6.07, 6.45) is 3.27. The van der Waals surface area contributed by atoms with Crippen molar-refractivity contribution in [2.75, 3.05) is 13.2 Å². The Morgan fingerprint density at radius 2 is 2.00 bits per heavy atom. The third kappa shape index (κ3) is 2.85. The van der Waals surface area contributed by atoms with E-state index in [0.29, 0.717) is 24.0 Å². The third-order valence-corrected chi connectivity index (χ3v) is 3.78. The topological polar surface area (TPSA) is 40.5 Å². The van der Waals surface area contributed by atoms with E-state index in [9.17, 15) is 4.79 Å². The Labute approximate surface area is 112 Å². The zero-order valence-electron chi connectivity index (χ0n) is 10.3. The van der Waals surface area contributed by atoms with Crippen LogP contribution in [-0.2, 0) is 5.88 Å². The first kappa shape index (κ1) is 13.4. The maximum Gasteiger partial charge on any atom is 0.254 e. The Morgan fingerprint density at radius 3 is 2.44 bits per heavy atom. The van der Waals surface area contributed by atoms with Crippen LogP contribution in [0.25, 0.3) is 0 Å². The van der Waals surface area contributed by atoms with Gasteiger partial charge in [-0.15, -0.1) is 11.6 Å². The first-order valence-electron chi connectivity index (χ1n) is 6.33. The maximum atomic E-state index is 12.4. The van der Waals surface area contributed by atoms with Gasteiger partial charge in [-0.1, -0.05) is 12.1 Å². The van der Waals surface area contributed by atoms with Crippen LogP contribution in [0, 0.1) is 0 Å². The molecule has 1 fully saturated rings. The molecule has 0 aromatic heterocycles. The Balaban J connectivity index is 2.10. The van der Waals surface area contributed by atoms with Gasteiger partial charge in [0.25, 0.3) is 5.91 Å². The van der Waals surface area contributed by atoms with E-state index in [0.717, 1.165) is 18.4 Å². The number of carbonyl (C=O) groups excluding carboxylic acids is 1. The Morgan fingerprint density at radius 1 is 1.33 bits per heavy atom. The number of amides is 1. The van der Waals surface area contributed by atoms with Crippen LogP contribution in [0.5, 0.6) is 0 Å². The molecule has 1 saturated carbocycles. The summed E-state index contributed by atoms with van der Waals surface area (Å²) < 4.78 is 0. The van der Waals surface area contributed by atoms with E-state index < -0.39 is 0 Å². The second-order valence-electron chi connectivity index (χ2n) is 4.64. The molecule has 0 bridgehead atoms. The fourth-order valence-corrected chi connectivity index (χ4v) is 2.34. The number of hydrogen-bond acceptors (Lipinski definition) is 2. The minimum atomic E-state index is 0.00914. The SMILES string of the molecule is O=C(c1ccc(CCl)cc1)N(CCO)C1CCC1. The fraction of sp³-hybridized carbons (Fsp3) is 0.500. The van der Waals surface area contributed by atoms with Crippen molar-refractivity contribution >= 4 is 17.5 Å². The van der Waals surface area contributed by atoms with Crippen LogP contribution in [-0.4, -0.2) is 35.1 Å². The molecule has 1 aromatic carbocycles. The van der Waals surface area contributed by atoms with E-state index in [1.165, 1.54) is 6.42 Å². The molecule has 0 radical (unpaired) electrons. The van der Waals surface area contributed by atoms with Gasteiger partial charge in [-0.2, -0.15) is 0 Å². The zero-order chi connectivity index (χ0) is 13.0. The number of carbonyl (C=O) groups is 1. The largest absolute Gasteiger partial charge is 0.395 e. The van der Waals surface area contributed by atoms with Crippen LogP contribution in [0.15, 0.2) is 24.3 Å². The van der Waals surface area contributed by atoms with Crippen molar-refractivity contribution in [1.82, 2.24) is 4.90 Å². The minimum Gasteiger partial charge on any atom is -0.395 e. The Bertz CT molecular complexity index is 401. The number of hydrogen-bond donors (Lipinski definition) is 1. The molecule has 98 valence electrons. The van der Waals surface area contributed by atoms with Crippen molar-refractivity contribution in [1.29, 1.82) is 0 Å². The van der Waals surface area contributed by atoms with Gasteiger partial charge in [0.05, 0.1) is 6.61 Å². The summed E-state index contributed by atoms with van der Waals surface area (Å²) in [6.45, 7) is 0.433. The normalized spacial score (nSPS) is 15.2. The lowest BCUT2D eigenvalue weighted by Gasteiger charge is -2.37. The van der Waals surface area contributed by atoms with Gasteiger partial charge in [0.15, 0.2) is 0 Å². The van der Waals surface area contributed by atoms with Crippen LogP contribution in [0.1, 0.15) is 35.2 Å². The molecule has 0 saturated heterocycles. The molecule has 1 aliphatic carbocycles. The van der Waals surface area contributed by atoms with Crippen molar-refractivity contribution < 1.29 is 9.90 Å². The molecule has 1 aliphatic rings. The molecule has 0 unspecified atom stereocenters. The van der Waals surface area contributed by atoms with Gasteiger partial charge >= 0.3 is 0 Å². The molecule has 1 aromatic rings. The molecule has 18 heavy (non-hydrogen) atoms. The zero-order valence-corrected chi connectivity index (χ0v) is 11.1. The summed E-state index contributed by atoms with van der Waals surface area (Å²) >= 11 is 5.72. The van der Waals surface area contributed by atoms with E-state index >= 15 is 0 Å². The van der Waals surface area contributed by atoms with Crippen LogP contribution in [0.4, 0.5) is 0 Å². The number of rotatable bonds is 5. The van der Waals surface area contributed by atoms with Crippen LogP contribution in [0.3, 0.4) is 0 Å². The highest BCUT2D eigenvalue weighted by Gasteiger charge is 2.28.